The van der Waals surface area contributed by atoms with Gasteiger partial charge in [0.1, 0.15) is 0 Å². The first-order valence-corrected chi connectivity index (χ1v) is 7.12. The van der Waals surface area contributed by atoms with Crippen molar-refractivity contribution in [3.05, 3.63) is 30.1 Å². The van der Waals surface area contributed by atoms with E-state index in [1.54, 1.807) is 0 Å². The van der Waals surface area contributed by atoms with Gasteiger partial charge in [-0.05, 0) is 38.3 Å². The van der Waals surface area contributed by atoms with Crippen LogP contribution in [0.4, 0.5) is 0 Å². The predicted octanol–water partition coefficient (Wildman–Crippen LogP) is 2.14. The first kappa shape index (κ1) is 12.1. The van der Waals surface area contributed by atoms with E-state index in [0.717, 1.165) is 18.6 Å². The highest BCUT2D eigenvalue weighted by Gasteiger charge is 2.40. The molecule has 3 heterocycles. The molecule has 0 N–H and O–H groups in total. The quantitative estimate of drug-likeness (QED) is 0.813. The fourth-order valence-electron chi connectivity index (χ4n) is 3.41. The van der Waals surface area contributed by atoms with Crippen LogP contribution in [-0.2, 0) is 6.54 Å². The van der Waals surface area contributed by atoms with E-state index in [1.807, 2.05) is 18.5 Å². The molecule has 2 aliphatic heterocycles. The number of pyridine rings is 1. The zero-order valence-corrected chi connectivity index (χ0v) is 11.4. The first-order valence-electron chi connectivity index (χ1n) is 7.12. The maximum absolute atomic E-state index is 4.23. The molecular weight excluding hydrogens is 222 g/mol. The van der Waals surface area contributed by atoms with Crippen molar-refractivity contribution in [2.45, 2.75) is 51.4 Å². The van der Waals surface area contributed by atoms with Gasteiger partial charge >= 0.3 is 0 Å². The molecule has 3 rings (SSSR count). The lowest BCUT2D eigenvalue weighted by Gasteiger charge is -2.42. The third-order valence-corrected chi connectivity index (χ3v) is 4.48. The minimum absolute atomic E-state index is 0.689. The zero-order valence-electron chi connectivity index (χ0n) is 11.4. The molecule has 1 aromatic rings. The summed E-state index contributed by atoms with van der Waals surface area (Å²) in [4.78, 5) is 9.57. The Morgan fingerprint density at radius 3 is 2.56 bits per heavy atom. The molecule has 0 saturated carbocycles. The van der Waals surface area contributed by atoms with Crippen molar-refractivity contribution in [2.75, 3.05) is 13.1 Å². The number of piperazine rings is 1. The summed E-state index contributed by atoms with van der Waals surface area (Å²) in [5, 5.41) is 0. The molecular formula is C15H23N3. The van der Waals surface area contributed by atoms with Crippen LogP contribution in [0, 0.1) is 0 Å². The van der Waals surface area contributed by atoms with E-state index in [2.05, 4.69) is 34.7 Å². The molecule has 2 unspecified atom stereocenters. The second-order valence-corrected chi connectivity index (χ2v) is 5.97. The van der Waals surface area contributed by atoms with E-state index in [0.29, 0.717) is 6.04 Å². The highest BCUT2D eigenvalue weighted by Crippen LogP contribution is 2.32. The molecule has 2 fully saturated rings. The van der Waals surface area contributed by atoms with Crippen molar-refractivity contribution in [1.82, 2.24) is 14.8 Å². The van der Waals surface area contributed by atoms with E-state index >= 15 is 0 Å². The Labute approximate surface area is 110 Å². The van der Waals surface area contributed by atoms with Crippen LogP contribution in [-0.4, -0.2) is 46.0 Å². The van der Waals surface area contributed by atoms with Crippen molar-refractivity contribution in [2.24, 2.45) is 0 Å². The Hall–Kier alpha value is -0.930. The van der Waals surface area contributed by atoms with Gasteiger partial charge < -0.3 is 0 Å². The molecule has 3 heteroatoms. The smallest absolute Gasteiger partial charge is 0.0312 e. The molecule has 1 aromatic heterocycles. The summed E-state index contributed by atoms with van der Waals surface area (Å²) in [7, 11) is 0. The van der Waals surface area contributed by atoms with Gasteiger partial charge in [0, 0.05) is 50.2 Å². The lowest BCUT2D eigenvalue weighted by Crippen LogP contribution is -2.54. The number of likely N-dealkylation sites (tertiary alicyclic amines) is 1. The molecule has 98 valence electrons. The summed E-state index contributed by atoms with van der Waals surface area (Å²) in [6.45, 7) is 8.20. The normalized spacial score (nSPS) is 29.1. The van der Waals surface area contributed by atoms with E-state index in [9.17, 15) is 0 Å². The van der Waals surface area contributed by atoms with E-state index in [4.69, 9.17) is 0 Å². The van der Waals surface area contributed by atoms with Crippen molar-refractivity contribution in [1.29, 1.82) is 0 Å². The van der Waals surface area contributed by atoms with Gasteiger partial charge in [-0.3, -0.25) is 14.8 Å². The highest BCUT2D eigenvalue weighted by molar-refractivity contribution is 5.10. The minimum Gasteiger partial charge on any atom is -0.298 e. The summed E-state index contributed by atoms with van der Waals surface area (Å²) >= 11 is 0. The standard InChI is InChI=1S/C15H23N3/c1-12(2)17-10-14-5-6-15(11-17)18(14)9-13-4-3-7-16-8-13/h3-4,7-8,12,14-15H,5-6,9-11H2,1-2H3. The average Bonchev–Trinajstić information content (AvgIpc) is 2.62. The van der Waals surface area contributed by atoms with Crippen LogP contribution in [0.2, 0.25) is 0 Å². The molecule has 2 atom stereocenters. The van der Waals surface area contributed by atoms with Crippen LogP contribution in [0.3, 0.4) is 0 Å². The van der Waals surface area contributed by atoms with Crippen LogP contribution >= 0.6 is 0 Å². The maximum atomic E-state index is 4.23. The molecule has 0 aromatic carbocycles. The number of hydrogen-bond acceptors (Lipinski definition) is 3. The van der Waals surface area contributed by atoms with Crippen molar-refractivity contribution in [3.8, 4) is 0 Å². The molecule has 2 aliphatic rings. The predicted molar refractivity (Wildman–Crippen MR) is 73.3 cm³/mol. The monoisotopic (exact) mass is 245 g/mol. The van der Waals surface area contributed by atoms with Crippen LogP contribution < -0.4 is 0 Å². The summed E-state index contributed by atoms with van der Waals surface area (Å²) in [6, 6.07) is 6.44. The van der Waals surface area contributed by atoms with Crippen LogP contribution in [0.15, 0.2) is 24.5 Å². The van der Waals surface area contributed by atoms with Gasteiger partial charge in [-0.15, -0.1) is 0 Å². The van der Waals surface area contributed by atoms with Crippen LogP contribution in [0.25, 0.3) is 0 Å². The summed E-state index contributed by atoms with van der Waals surface area (Å²) < 4.78 is 0. The maximum Gasteiger partial charge on any atom is 0.0312 e. The number of fused-ring (bicyclic) bond motifs is 2. The average molecular weight is 245 g/mol. The molecule has 2 bridgehead atoms. The minimum atomic E-state index is 0.689. The molecule has 18 heavy (non-hydrogen) atoms. The Kier molecular flexibility index (Phi) is 3.35. The largest absolute Gasteiger partial charge is 0.298 e. The lowest BCUT2D eigenvalue weighted by molar-refractivity contribution is 0.0441. The summed E-state index contributed by atoms with van der Waals surface area (Å²) in [5.74, 6) is 0. The van der Waals surface area contributed by atoms with Gasteiger partial charge in [0.15, 0.2) is 0 Å². The van der Waals surface area contributed by atoms with Gasteiger partial charge in [0.05, 0.1) is 0 Å². The highest BCUT2D eigenvalue weighted by atomic mass is 15.3. The van der Waals surface area contributed by atoms with Gasteiger partial charge in [-0.2, -0.15) is 0 Å². The Morgan fingerprint density at radius 2 is 2.00 bits per heavy atom. The fourth-order valence-corrected chi connectivity index (χ4v) is 3.41. The van der Waals surface area contributed by atoms with E-state index in [1.165, 1.54) is 31.5 Å². The van der Waals surface area contributed by atoms with Crippen molar-refractivity contribution in [3.63, 3.8) is 0 Å². The number of nitrogens with zero attached hydrogens (tertiary/aromatic N) is 3. The van der Waals surface area contributed by atoms with Crippen molar-refractivity contribution >= 4 is 0 Å². The molecule has 0 radical (unpaired) electrons. The second kappa shape index (κ2) is 4.98. The zero-order chi connectivity index (χ0) is 12.5. The SMILES string of the molecule is CC(C)N1CC2CCC(C1)N2Cc1cccnc1. The molecule has 2 saturated heterocycles. The third kappa shape index (κ3) is 2.29. The molecule has 0 aliphatic carbocycles. The molecule has 0 amide bonds. The fraction of sp³-hybridized carbons (Fsp3) is 0.667. The topological polar surface area (TPSA) is 19.4 Å². The summed E-state index contributed by atoms with van der Waals surface area (Å²) in [6.07, 6.45) is 6.60. The Morgan fingerprint density at radius 1 is 1.28 bits per heavy atom. The van der Waals surface area contributed by atoms with Gasteiger partial charge in [-0.1, -0.05) is 6.07 Å². The molecule has 0 spiro atoms. The van der Waals surface area contributed by atoms with Crippen molar-refractivity contribution < 1.29 is 0 Å². The van der Waals surface area contributed by atoms with E-state index < -0.39 is 0 Å². The lowest BCUT2D eigenvalue weighted by atomic mass is 10.1. The van der Waals surface area contributed by atoms with Crippen LogP contribution in [0.5, 0.6) is 0 Å². The first-order chi connectivity index (χ1) is 8.74. The number of hydrogen-bond donors (Lipinski definition) is 0. The summed E-state index contributed by atoms with van der Waals surface area (Å²) in [5.41, 5.74) is 1.35. The Bertz CT molecular complexity index is 376. The van der Waals surface area contributed by atoms with Gasteiger partial charge in [0.2, 0.25) is 0 Å². The van der Waals surface area contributed by atoms with Gasteiger partial charge in [0.25, 0.3) is 0 Å². The van der Waals surface area contributed by atoms with E-state index in [-0.39, 0.29) is 0 Å². The number of rotatable bonds is 3. The van der Waals surface area contributed by atoms with Gasteiger partial charge in [-0.25, -0.2) is 0 Å². The number of aromatic nitrogens is 1. The molecule has 3 nitrogen and oxygen atoms in total. The second-order valence-electron chi connectivity index (χ2n) is 5.97. The third-order valence-electron chi connectivity index (χ3n) is 4.48. The Balaban J connectivity index is 1.69. The van der Waals surface area contributed by atoms with Crippen LogP contribution in [0.1, 0.15) is 32.3 Å².